The molecule has 2 aliphatic carbocycles. The summed E-state index contributed by atoms with van der Waals surface area (Å²) in [5.41, 5.74) is 2.37. The predicted molar refractivity (Wildman–Crippen MR) is 172 cm³/mol. The van der Waals surface area contributed by atoms with Gasteiger partial charge in [0.2, 0.25) is 5.78 Å². The molecule has 51 heavy (non-hydrogen) atoms. The number of ether oxygens (including phenoxy) is 3. The number of benzene rings is 2. The van der Waals surface area contributed by atoms with Gasteiger partial charge in [0, 0.05) is 48.9 Å². The minimum Gasteiger partial charge on any atom is -0.507 e. The Morgan fingerprint density at radius 2 is 1.86 bits per heavy atom. The molecule has 0 saturated carbocycles. The second kappa shape index (κ2) is 14.4. The van der Waals surface area contributed by atoms with Crippen LogP contribution < -0.4 is 10.5 Å². The summed E-state index contributed by atoms with van der Waals surface area (Å²) in [5.74, 6) is -3.32. The molecule has 6 rings (SSSR count). The van der Waals surface area contributed by atoms with Crippen molar-refractivity contribution >= 4 is 23.2 Å². The lowest BCUT2D eigenvalue weighted by Gasteiger charge is -2.42. The van der Waals surface area contributed by atoms with Crippen molar-refractivity contribution in [3.63, 3.8) is 0 Å². The third kappa shape index (κ3) is 6.58. The van der Waals surface area contributed by atoms with Crippen molar-refractivity contribution in [2.24, 2.45) is 5.73 Å². The van der Waals surface area contributed by atoms with Gasteiger partial charge in [-0.3, -0.25) is 14.4 Å². The van der Waals surface area contributed by atoms with Crippen LogP contribution >= 0.6 is 0 Å². The number of aromatic nitrogens is 2. The van der Waals surface area contributed by atoms with Gasteiger partial charge in [0.1, 0.15) is 42.2 Å². The monoisotopic (exact) mass is 714 g/mol. The number of nitro groups is 1. The molecular weight excluding hydrogens is 676 g/mol. The summed E-state index contributed by atoms with van der Waals surface area (Å²) in [6.07, 6.45) is -3.94. The summed E-state index contributed by atoms with van der Waals surface area (Å²) >= 11 is 0. The molecule has 0 radical (unpaired) electrons. The third-order valence-electron chi connectivity index (χ3n) is 9.35. The Bertz CT molecular complexity index is 1880. The standard InChI is InChI=1S/C27H29NO11.C6H9N3O3/c1-10-22(31)13(28)6-17(38-10)39-15-8-27(36,16(30)9-29)7-12-19(15)26(35)21-20(24(12)33)23(32)11-4-3-5-14(37-2)18(11)25(21)34;1-5-7-4-6(9(11)12)8(5)2-3-10/h3-5,10,13,15,17,22,29,31,33,35-36H,6-9,28H2,1-2H3;4,10H,2-3H2,1H3/t10-,13-,15-,17-,22+,27-;/m0./s1. The number of nitrogens with zero attached hydrogens (tertiary/aromatic N) is 3. The highest BCUT2D eigenvalue weighted by molar-refractivity contribution is 6.31. The van der Waals surface area contributed by atoms with E-state index in [1.807, 2.05) is 0 Å². The van der Waals surface area contributed by atoms with Crippen molar-refractivity contribution < 1.29 is 64.2 Å². The SMILES string of the molecule is COc1cccc2c1C(=O)c1c(O)c3c(c(O)c1C2=O)C[C@@](O)(C(=O)CO)C[C@@H]3O[C@H]1C[C@H](N)[C@H](O)[C@H](C)O1.Cc1ncc([N+](=O)[O-])n1CCO. The zero-order chi connectivity index (χ0) is 37.5. The van der Waals surface area contributed by atoms with E-state index in [1.54, 1.807) is 13.8 Å². The number of aliphatic hydroxyl groups excluding tert-OH is 3. The van der Waals surface area contributed by atoms with Crippen LogP contribution in [0.15, 0.2) is 24.4 Å². The molecule has 2 aromatic carbocycles. The van der Waals surface area contributed by atoms with Gasteiger partial charge in [-0.25, -0.2) is 9.55 Å². The molecule has 1 aliphatic heterocycles. The average molecular weight is 715 g/mol. The zero-order valence-corrected chi connectivity index (χ0v) is 27.8. The molecule has 0 spiro atoms. The van der Waals surface area contributed by atoms with Gasteiger partial charge in [0.15, 0.2) is 23.7 Å². The highest BCUT2D eigenvalue weighted by Gasteiger charge is 2.50. The third-order valence-corrected chi connectivity index (χ3v) is 9.35. The zero-order valence-electron chi connectivity index (χ0n) is 27.8. The van der Waals surface area contributed by atoms with Crippen molar-refractivity contribution in [3.8, 4) is 17.2 Å². The Morgan fingerprint density at radius 3 is 2.47 bits per heavy atom. The fourth-order valence-electron chi connectivity index (χ4n) is 6.73. The summed E-state index contributed by atoms with van der Waals surface area (Å²) in [5, 5.41) is 72.7. The maximum Gasteiger partial charge on any atom is 0.342 e. The van der Waals surface area contributed by atoms with Crippen LogP contribution in [0.2, 0.25) is 0 Å². The van der Waals surface area contributed by atoms with Gasteiger partial charge in [-0.1, -0.05) is 12.1 Å². The van der Waals surface area contributed by atoms with Crippen LogP contribution in [0.3, 0.4) is 0 Å². The number of hydrogen-bond acceptors (Lipinski definition) is 16. The van der Waals surface area contributed by atoms with Crippen LogP contribution in [-0.2, 0) is 27.2 Å². The summed E-state index contributed by atoms with van der Waals surface area (Å²) in [6.45, 7) is 2.30. The molecule has 8 N–H and O–H groups in total. The molecule has 0 amide bonds. The van der Waals surface area contributed by atoms with E-state index in [2.05, 4.69) is 4.98 Å². The van der Waals surface area contributed by atoms with E-state index in [9.17, 15) is 50.0 Å². The van der Waals surface area contributed by atoms with Gasteiger partial charge in [0.25, 0.3) is 0 Å². The minimum absolute atomic E-state index is 0.0173. The number of imidazole rings is 1. The minimum atomic E-state index is -2.24. The molecule has 18 heteroatoms. The fraction of sp³-hybridized carbons (Fsp3) is 0.455. The number of ketones is 3. The second-order valence-corrected chi connectivity index (χ2v) is 12.5. The van der Waals surface area contributed by atoms with Crippen LogP contribution in [0.25, 0.3) is 0 Å². The molecule has 6 atom stereocenters. The molecule has 1 fully saturated rings. The number of methoxy groups -OCH3 is 1. The number of phenolic OH excluding ortho intramolecular Hbond substituents is 2. The van der Waals surface area contributed by atoms with E-state index in [1.165, 1.54) is 36.1 Å². The maximum atomic E-state index is 13.6. The van der Waals surface area contributed by atoms with Crippen molar-refractivity contribution in [3.05, 3.63) is 73.7 Å². The first kappa shape index (κ1) is 37.4. The van der Waals surface area contributed by atoms with Crippen LogP contribution in [0.1, 0.15) is 74.7 Å². The number of carbonyl (C=O) groups is 3. The maximum absolute atomic E-state index is 13.6. The van der Waals surface area contributed by atoms with Gasteiger partial charge >= 0.3 is 5.82 Å². The Labute approximate surface area is 289 Å². The summed E-state index contributed by atoms with van der Waals surface area (Å²) in [4.78, 5) is 53.4. The normalized spacial score (nSPS) is 25.2. The number of phenols is 2. The average Bonchev–Trinajstić information content (AvgIpc) is 3.46. The van der Waals surface area contributed by atoms with Crippen LogP contribution in [0.5, 0.6) is 17.2 Å². The smallest absolute Gasteiger partial charge is 0.342 e. The van der Waals surface area contributed by atoms with Crippen molar-refractivity contribution in [2.45, 2.75) is 75.9 Å². The molecule has 274 valence electrons. The summed E-state index contributed by atoms with van der Waals surface area (Å²) in [6, 6.07) is 3.64. The van der Waals surface area contributed by atoms with E-state index in [4.69, 9.17) is 25.1 Å². The van der Waals surface area contributed by atoms with E-state index in [0.29, 0.717) is 5.82 Å². The molecule has 1 saturated heterocycles. The topological polar surface area (TPSA) is 287 Å². The lowest BCUT2D eigenvalue weighted by Crippen LogP contribution is -2.53. The number of Topliss-reactive ketones (excluding diaryl/α,β-unsaturated/α-hetero) is 1. The summed E-state index contributed by atoms with van der Waals surface area (Å²) in [7, 11) is 1.32. The Balaban J connectivity index is 0.000000357. The van der Waals surface area contributed by atoms with Crippen LogP contribution in [0, 0.1) is 17.0 Å². The number of carbonyl (C=O) groups excluding carboxylic acids is 3. The van der Waals surface area contributed by atoms with E-state index < -0.39 is 101 Å². The van der Waals surface area contributed by atoms with Gasteiger partial charge in [-0.05, 0) is 17.9 Å². The number of nitrogens with two attached hydrogens (primary N) is 1. The van der Waals surface area contributed by atoms with E-state index >= 15 is 0 Å². The Hall–Kier alpha value is -4.82. The van der Waals surface area contributed by atoms with Gasteiger partial charge in [-0.2, -0.15) is 0 Å². The molecule has 3 aliphatic rings. The van der Waals surface area contributed by atoms with E-state index in [0.717, 1.165) is 0 Å². The largest absolute Gasteiger partial charge is 0.507 e. The number of aromatic hydroxyl groups is 2. The Kier molecular flexibility index (Phi) is 10.6. The first-order valence-electron chi connectivity index (χ1n) is 15.9. The van der Waals surface area contributed by atoms with Gasteiger partial charge in [0.05, 0.1) is 48.7 Å². The fourth-order valence-corrected chi connectivity index (χ4v) is 6.73. The quantitative estimate of drug-likeness (QED) is 0.0723. The number of aliphatic hydroxyl groups is 4. The molecule has 1 aromatic heterocycles. The van der Waals surface area contributed by atoms with Crippen molar-refractivity contribution in [1.82, 2.24) is 9.55 Å². The number of rotatable bonds is 8. The number of fused-ring (bicyclic) bond motifs is 3. The highest BCUT2D eigenvalue weighted by atomic mass is 16.7. The molecule has 2 heterocycles. The Morgan fingerprint density at radius 1 is 1.18 bits per heavy atom. The number of aryl methyl sites for hydroxylation is 1. The van der Waals surface area contributed by atoms with Gasteiger partial charge in [-0.15, -0.1) is 0 Å². The van der Waals surface area contributed by atoms with Crippen molar-refractivity contribution in [2.75, 3.05) is 20.3 Å². The highest BCUT2D eigenvalue weighted by Crippen LogP contribution is 2.52. The molecule has 0 unspecified atom stereocenters. The lowest BCUT2D eigenvalue weighted by atomic mass is 9.72. The summed E-state index contributed by atoms with van der Waals surface area (Å²) < 4.78 is 18.4. The first-order chi connectivity index (χ1) is 24.1. The molecule has 0 bridgehead atoms. The van der Waals surface area contributed by atoms with Crippen molar-refractivity contribution in [1.29, 1.82) is 0 Å². The van der Waals surface area contributed by atoms with Crippen LogP contribution in [0.4, 0.5) is 5.82 Å². The molecule has 3 aromatic rings. The second-order valence-electron chi connectivity index (χ2n) is 12.5. The first-order valence-corrected chi connectivity index (χ1v) is 15.9. The van der Waals surface area contributed by atoms with Gasteiger partial charge < -0.3 is 60.7 Å². The molecule has 18 nitrogen and oxygen atoms in total. The van der Waals surface area contributed by atoms with E-state index in [-0.39, 0.29) is 53.4 Å². The predicted octanol–water partition coefficient (Wildman–Crippen LogP) is 0.0933. The van der Waals surface area contributed by atoms with Crippen LogP contribution in [-0.4, -0.2) is 113 Å². The lowest BCUT2D eigenvalue weighted by molar-refractivity contribution is -0.392. The molecular formula is C33H38N4O14. The number of hydrogen-bond donors (Lipinski definition) is 7.